The number of hydrogen-bond acceptors (Lipinski definition) is 6. The molecule has 0 bridgehead atoms. The van der Waals surface area contributed by atoms with E-state index in [1.54, 1.807) is 20.2 Å². The highest BCUT2D eigenvalue weighted by atomic mass is 16.5. The van der Waals surface area contributed by atoms with Crippen LogP contribution in [0.15, 0.2) is 18.2 Å². The van der Waals surface area contributed by atoms with Gasteiger partial charge in [0.05, 0.1) is 12.8 Å². The van der Waals surface area contributed by atoms with Crippen molar-refractivity contribution in [3.63, 3.8) is 0 Å². The van der Waals surface area contributed by atoms with Gasteiger partial charge in [-0.2, -0.15) is 0 Å². The predicted molar refractivity (Wildman–Crippen MR) is 82.8 cm³/mol. The van der Waals surface area contributed by atoms with Crippen molar-refractivity contribution in [3.05, 3.63) is 35.5 Å². The second-order valence-corrected chi connectivity index (χ2v) is 5.42. The molecule has 8 heteroatoms. The fourth-order valence-corrected chi connectivity index (χ4v) is 2.85. The normalized spacial score (nSPS) is 17.6. The largest absolute Gasteiger partial charge is 0.481 e. The van der Waals surface area contributed by atoms with Crippen molar-refractivity contribution in [2.24, 2.45) is 0 Å². The zero-order valence-electron chi connectivity index (χ0n) is 13.5. The summed E-state index contributed by atoms with van der Waals surface area (Å²) in [5.74, 6) is 1.97. The van der Waals surface area contributed by atoms with Crippen LogP contribution < -0.4 is 10.1 Å². The summed E-state index contributed by atoms with van der Waals surface area (Å²) in [6, 6.07) is 5.15. The molecule has 0 aromatic carbocycles. The van der Waals surface area contributed by atoms with Crippen LogP contribution in [0.5, 0.6) is 5.88 Å². The summed E-state index contributed by atoms with van der Waals surface area (Å²) < 4.78 is 7.16. The summed E-state index contributed by atoms with van der Waals surface area (Å²) in [5.41, 5.74) is 0.850. The van der Waals surface area contributed by atoms with Crippen LogP contribution in [-0.4, -0.2) is 51.3 Å². The number of rotatable bonds is 4. The van der Waals surface area contributed by atoms with Crippen molar-refractivity contribution in [2.45, 2.75) is 26.1 Å². The second kappa shape index (κ2) is 6.33. The molecule has 1 aliphatic rings. The third kappa shape index (κ3) is 2.89. The number of fused-ring (bicyclic) bond motifs is 1. The number of hydrogen-bond donors (Lipinski definition) is 1. The lowest BCUT2D eigenvalue weighted by Gasteiger charge is -2.34. The van der Waals surface area contributed by atoms with Crippen LogP contribution in [0.3, 0.4) is 0 Å². The quantitative estimate of drug-likeness (QED) is 0.873. The number of aryl methyl sites for hydroxylation is 1. The number of amides is 1. The van der Waals surface area contributed by atoms with E-state index in [0.29, 0.717) is 18.2 Å². The van der Waals surface area contributed by atoms with E-state index in [1.165, 1.54) is 0 Å². The third-order valence-corrected chi connectivity index (χ3v) is 4.04. The molecule has 3 heterocycles. The number of carbonyl (C=O) groups is 1. The van der Waals surface area contributed by atoms with Crippen molar-refractivity contribution < 1.29 is 9.53 Å². The van der Waals surface area contributed by atoms with Crippen LogP contribution in [0.1, 0.15) is 23.4 Å². The Morgan fingerprint density at radius 2 is 2.22 bits per heavy atom. The molecule has 0 saturated carbocycles. The SMILES string of the molecule is CNC(=O)C1c2nnc(C)n2CCN1Cc1cccc(OC)n1. The standard InChI is InChI=1S/C15H20N6O2/c1-10-18-19-14-13(15(22)16-2)20(7-8-21(10)14)9-11-5-4-6-12(17-11)23-3/h4-6,13H,7-9H2,1-3H3,(H,16,22). The summed E-state index contributed by atoms with van der Waals surface area (Å²) in [7, 11) is 3.22. The first kappa shape index (κ1) is 15.4. The van der Waals surface area contributed by atoms with Gasteiger partial charge in [0.1, 0.15) is 5.82 Å². The molecule has 122 valence electrons. The molecule has 2 aromatic rings. The molecule has 2 aromatic heterocycles. The fraction of sp³-hybridized carbons (Fsp3) is 0.467. The Kier molecular flexibility index (Phi) is 4.24. The average Bonchev–Trinajstić information content (AvgIpc) is 2.95. The maximum absolute atomic E-state index is 12.4. The zero-order chi connectivity index (χ0) is 16.4. The molecule has 3 rings (SSSR count). The van der Waals surface area contributed by atoms with Gasteiger partial charge in [-0.25, -0.2) is 4.98 Å². The Bertz CT molecular complexity index is 714. The van der Waals surface area contributed by atoms with Gasteiger partial charge in [0.2, 0.25) is 11.8 Å². The first-order valence-corrected chi connectivity index (χ1v) is 7.49. The lowest BCUT2D eigenvalue weighted by molar-refractivity contribution is -0.127. The summed E-state index contributed by atoms with van der Waals surface area (Å²) in [6.45, 7) is 3.92. The molecule has 1 atom stereocenters. The van der Waals surface area contributed by atoms with E-state index < -0.39 is 6.04 Å². The van der Waals surface area contributed by atoms with E-state index >= 15 is 0 Å². The molecular weight excluding hydrogens is 296 g/mol. The highest BCUT2D eigenvalue weighted by Crippen LogP contribution is 2.26. The molecule has 0 fully saturated rings. The van der Waals surface area contributed by atoms with Gasteiger partial charge < -0.3 is 14.6 Å². The second-order valence-electron chi connectivity index (χ2n) is 5.42. The van der Waals surface area contributed by atoms with E-state index in [4.69, 9.17) is 4.74 Å². The van der Waals surface area contributed by atoms with Crippen molar-refractivity contribution in [1.82, 2.24) is 30.0 Å². The monoisotopic (exact) mass is 316 g/mol. The Labute approximate surface area is 134 Å². The molecule has 1 aliphatic heterocycles. The Morgan fingerprint density at radius 3 is 2.96 bits per heavy atom. The van der Waals surface area contributed by atoms with Gasteiger partial charge in [0.15, 0.2) is 11.9 Å². The number of likely N-dealkylation sites (N-methyl/N-ethyl adjacent to an activating group) is 1. The van der Waals surface area contributed by atoms with E-state index in [1.807, 2.05) is 23.6 Å². The molecule has 0 spiro atoms. The van der Waals surface area contributed by atoms with E-state index in [2.05, 4.69) is 25.4 Å². The van der Waals surface area contributed by atoms with Gasteiger partial charge in [-0.15, -0.1) is 10.2 Å². The molecule has 1 N–H and O–H groups in total. The van der Waals surface area contributed by atoms with E-state index in [9.17, 15) is 4.79 Å². The maximum Gasteiger partial charge on any atom is 0.245 e. The first-order valence-electron chi connectivity index (χ1n) is 7.49. The van der Waals surface area contributed by atoms with Crippen LogP contribution in [-0.2, 0) is 17.9 Å². The fourth-order valence-electron chi connectivity index (χ4n) is 2.85. The zero-order valence-corrected chi connectivity index (χ0v) is 13.5. The number of aromatic nitrogens is 4. The van der Waals surface area contributed by atoms with Crippen molar-refractivity contribution in [2.75, 3.05) is 20.7 Å². The van der Waals surface area contributed by atoms with Crippen LogP contribution in [0.2, 0.25) is 0 Å². The summed E-state index contributed by atoms with van der Waals surface area (Å²) in [6.07, 6.45) is 0. The van der Waals surface area contributed by atoms with Crippen molar-refractivity contribution in [3.8, 4) is 5.88 Å². The van der Waals surface area contributed by atoms with Gasteiger partial charge in [-0.05, 0) is 13.0 Å². The molecule has 23 heavy (non-hydrogen) atoms. The Hall–Kier alpha value is -2.48. The number of nitrogens with one attached hydrogen (secondary N) is 1. The van der Waals surface area contributed by atoms with Crippen molar-refractivity contribution >= 4 is 5.91 Å². The highest BCUT2D eigenvalue weighted by Gasteiger charge is 2.35. The molecular formula is C15H20N6O2. The van der Waals surface area contributed by atoms with Crippen LogP contribution in [0.25, 0.3) is 0 Å². The minimum atomic E-state index is -0.469. The highest BCUT2D eigenvalue weighted by molar-refractivity contribution is 5.82. The molecule has 8 nitrogen and oxygen atoms in total. The Balaban J connectivity index is 1.90. The number of pyridine rings is 1. The van der Waals surface area contributed by atoms with Gasteiger partial charge in [0.25, 0.3) is 0 Å². The van der Waals surface area contributed by atoms with E-state index in [-0.39, 0.29) is 5.91 Å². The smallest absolute Gasteiger partial charge is 0.245 e. The van der Waals surface area contributed by atoms with Gasteiger partial charge in [-0.3, -0.25) is 9.69 Å². The lowest BCUT2D eigenvalue weighted by atomic mass is 10.1. The topological polar surface area (TPSA) is 85.2 Å². The van der Waals surface area contributed by atoms with Gasteiger partial charge in [-0.1, -0.05) is 6.07 Å². The van der Waals surface area contributed by atoms with Gasteiger partial charge in [0, 0.05) is 32.7 Å². The lowest BCUT2D eigenvalue weighted by Crippen LogP contribution is -2.45. The summed E-state index contributed by atoms with van der Waals surface area (Å²) in [5, 5.41) is 11.0. The molecule has 0 radical (unpaired) electrons. The van der Waals surface area contributed by atoms with Crippen molar-refractivity contribution in [1.29, 1.82) is 0 Å². The Morgan fingerprint density at radius 1 is 1.39 bits per heavy atom. The van der Waals surface area contributed by atoms with Crippen LogP contribution in [0.4, 0.5) is 0 Å². The predicted octanol–water partition coefficient (Wildman–Crippen LogP) is 0.293. The maximum atomic E-state index is 12.4. The average molecular weight is 316 g/mol. The van der Waals surface area contributed by atoms with E-state index in [0.717, 1.165) is 24.6 Å². The van der Waals surface area contributed by atoms with Crippen LogP contribution >= 0.6 is 0 Å². The molecule has 1 unspecified atom stereocenters. The molecule has 1 amide bonds. The third-order valence-electron chi connectivity index (χ3n) is 4.04. The molecule has 0 aliphatic carbocycles. The number of ether oxygens (including phenoxy) is 1. The minimum absolute atomic E-state index is 0.0961. The number of carbonyl (C=O) groups excluding carboxylic acids is 1. The molecule has 0 saturated heterocycles. The van der Waals surface area contributed by atoms with Gasteiger partial charge >= 0.3 is 0 Å². The van der Waals surface area contributed by atoms with Crippen LogP contribution in [0, 0.1) is 6.92 Å². The summed E-state index contributed by atoms with van der Waals surface area (Å²) in [4.78, 5) is 18.9. The number of nitrogens with zero attached hydrogens (tertiary/aromatic N) is 5. The first-order chi connectivity index (χ1) is 11.1. The minimum Gasteiger partial charge on any atom is -0.481 e. The number of methoxy groups -OCH3 is 1. The summed E-state index contributed by atoms with van der Waals surface area (Å²) >= 11 is 0.